The van der Waals surface area contributed by atoms with Crippen LogP contribution in [0.25, 0.3) is 0 Å². The predicted octanol–water partition coefficient (Wildman–Crippen LogP) is 3.08. The molecule has 4 aliphatic rings. The number of nitrogens with zero attached hydrogens (tertiary/aromatic N) is 3. The van der Waals surface area contributed by atoms with Crippen molar-refractivity contribution in [3.8, 4) is 0 Å². The second kappa shape index (κ2) is 10.3. The number of unbranched alkanes of at least 4 members (excludes halogenated alkanes) is 3. The molecule has 7 nitrogen and oxygen atoms in total. The number of thioether (sulfide) groups is 1. The van der Waals surface area contributed by atoms with Gasteiger partial charge >= 0.3 is 0 Å². The molecule has 2 fully saturated rings. The number of likely N-dealkylation sites (N-methyl/N-ethyl adjacent to an activating group) is 1. The Morgan fingerprint density at radius 1 is 0.973 bits per heavy atom. The van der Waals surface area contributed by atoms with Crippen molar-refractivity contribution in [1.29, 1.82) is 0 Å². The van der Waals surface area contributed by atoms with Gasteiger partial charge in [0.05, 0.1) is 16.6 Å². The Balaban J connectivity index is 1.57. The van der Waals surface area contributed by atoms with Gasteiger partial charge < -0.3 is 19.8 Å². The molecular formula is C29H37N3O4S. The summed E-state index contributed by atoms with van der Waals surface area (Å²) in [6, 6.07) is 5.37. The first-order chi connectivity index (χ1) is 17.8. The van der Waals surface area contributed by atoms with Gasteiger partial charge in [-0.1, -0.05) is 55.3 Å². The number of hydrogen-bond donors (Lipinski definition) is 1. The lowest BCUT2D eigenvalue weighted by atomic mass is 9.78. The molecule has 2 saturated heterocycles. The van der Waals surface area contributed by atoms with Crippen molar-refractivity contribution in [2.24, 2.45) is 11.8 Å². The molecule has 4 heterocycles. The number of fused-ring (bicyclic) bond motifs is 2. The van der Waals surface area contributed by atoms with Crippen LogP contribution in [-0.2, 0) is 14.4 Å². The highest BCUT2D eigenvalue weighted by Gasteiger charge is 2.70. The number of hydrogen-bond acceptors (Lipinski definition) is 5. The average Bonchev–Trinajstić information content (AvgIpc) is 3.19. The number of amides is 3. The molecule has 4 aliphatic heterocycles. The van der Waals surface area contributed by atoms with E-state index in [4.69, 9.17) is 5.11 Å². The summed E-state index contributed by atoms with van der Waals surface area (Å²) in [6.07, 6.45) is 11.5. The molecule has 1 unspecified atom stereocenters. The summed E-state index contributed by atoms with van der Waals surface area (Å²) in [5.74, 6) is -1.21. The molecule has 37 heavy (non-hydrogen) atoms. The normalized spacial score (nSPS) is 30.9. The Hall–Kier alpha value is -2.58. The van der Waals surface area contributed by atoms with Crippen molar-refractivity contribution < 1.29 is 19.5 Å². The summed E-state index contributed by atoms with van der Waals surface area (Å²) >= 11 is 1.63. The van der Waals surface area contributed by atoms with Crippen LogP contribution in [0.2, 0.25) is 0 Å². The summed E-state index contributed by atoms with van der Waals surface area (Å²) in [4.78, 5) is 47.6. The number of anilines is 1. The Kier molecular flexibility index (Phi) is 7.24. The third-order valence-electron chi connectivity index (χ3n) is 8.38. The third kappa shape index (κ3) is 4.22. The molecule has 5 atom stereocenters. The van der Waals surface area contributed by atoms with Gasteiger partial charge in [0, 0.05) is 44.2 Å². The average molecular weight is 524 g/mol. The number of aryl methyl sites for hydroxylation is 2. The largest absolute Gasteiger partial charge is 0.396 e. The van der Waals surface area contributed by atoms with E-state index in [0.29, 0.717) is 19.6 Å². The second-order valence-electron chi connectivity index (χ2n) is 10.8. The highest BCUT2D eigenvalue weighted by molar-refractivity contribution is 8.02. The van der Waals surface area contributed by atoms with Gasteiger partial charge in [-0.3, -0.25) is 14.4 Å². The number of rotatable bonds is 7. The van der Waals surface area contributed by atoms with E-state index in [0.717, 1.165) is 42.5 Å². The molecule has 0 aromatic heterocycles. The minimum atomic E-state index is -0.780. The maximum Gasteiger partial charge on any atom is 0.251 e. The predicted molar refractivity (Wildman–Crippen MR) is 146 cm³/mol. The summed E-state index contributed by atoms with van der Waals surface area (Å²) in [5.41, 5.74) is 2.96. The van der Waals surface area contributed by atoms with E-state index in [9.17, 15) is 14.4 Å². The molecular weight excluding hydrogens is 486 g/mol. The van der Waals surface area contributed by atoms with Crippen molar-refractivity contribution in [1.82, 2.24) is 9.80 Å². The number of aliphatic hydroxyl groups excluding tert-OH is 1. The lowest BCUT2D eigenvalue weighted by Gasteiger charge is -2.36. The standard InChI is InChI=1S/C29H37N3O4S/c1-19-11-8-12-20(2)24(19)31-17-10-14-29-23(22-21(37-29)13-9-15-30(3)26(22)34)27(35)32(25(29)28(31)36)16-6-4-5-7-18-33/h8-14,21-23,25,33H,4-7,15-18H2,1-3H3/t21-,22+,23+,25?,29+/m1/s1. The molecule has 3 amide bonds. The Morgan fingerprint density at radius 3 is 2.43 bits per heavy atom. The fourth-order valence-corrected chi connectivity index (χ4v) is 8.69. The van der Waals surface area contributed by atoms with Crippen molar-refractivity contribution >= 4 is 35.2 Å². The number of aliphatic hydroxyl groups is 1. The van der Waals surface area contributed by atoms with Gasteiger partial charge in [-0.15, -0.1) is 11.8 Å². The summed E-state index contributed by atoms with van der Waals surface area (Å²) in [7, 11) is 1.79. The van der Waals surface area contributed by atoms with Crippen LogP contribution in [0, 0.1) is 25.7 Å². The number of likely N-dealkylation sites (tertiary alicyclic amines) is 1. The smallest absolute Gasteiger partial charge is 0.251 e. The molecule has 0 aliphatic carbocycles. The van der Waals surface area contributed by atoms with Crippen molar-refractivity contribution in [2.75, 3.05) is 38.2 Å². The highest BCUT2D eigenvalue weighted by atomic mass is 32.2. The van der Waals surface area contributed by atoms with E-state index in [1.807, 2.05) is 49.1 Å². The molecule has 0 saturated carbocycles. The van der Waals surface area contributed by atoms with Crippen LogP contribution >= 0.6 is 11.8 Å². The van der Waals surface area contributed by atoms with Gasteiger partial charge in [0.1, 0.15) is 6.04 Å². The molecule has 1 aromatic rings. The summed E-state index contributed by atoms with van der Waals surface area (Å²) in [6.45, 7) is 5.64. The molecule has 8 heteroatoms. The van der Waals surface area contributed by atoms with Gasteiger partial charge in [0.25, 0.3) is 5.91 Å². The number of carbonyl (C=O) groups excluding carboxylic acids is 3. The zero-order valence-electron chi connectivity index (χ0n) is 21.9. The van der Waals surface area contributed by atoms with Crippen molar-refractivity contribution in [3.63, 3.8) is 0 Å². The Morgan fingerprint density at radius 2 is 1.70 bits per heavy atom. The fourth-order valence-electron chi connectivity index (χ4n) is 6.68. The van der Waals surface area contributed by atoms with Gasteiger partial charge in [-0.2, -0.15) is 0 Å². The van der Waals surface area contributed by atoms with Crippen LogP contribution in [0.5, 0.6) is 0 Å². The van der Waals surface area contributed by atoms with E-state index in [-0.39, 0.29) is 29.6 Å². The maximum absolute atomic E-state index is 14.5. The molecule has 1 aromatic carbocycles. The summed E-state index contributed by atoms with van der Waals surface area (Å²) in [5, 5.41) is 9.01. The number of para-hydroxylation sites is 1. The first kappa shape index (κ1) is 26.0. The van der Waals surface area contributed by atoms with E-state index in [2.05, 4.69) is 12.2 Å². The van der Waals surface area contributed by atoms with Crippen LogP contribution in [0.4, 0.5) is 5.69 Å². The third-order valence-corrected chi connectivity index (χ3v) is 10.1. The molecule has 198 valence electrons. The lowest BCUT2D eigenvalue weighted by Crippen LogP contribution is -2.53. The first-order valence-corrected chi connectivity index (χ1v) is 14.3. The van der Waals surface area contributed by atoms with E-state index in [1.165, 1.54) is 0 Å². The van der Waals surface area contributed by atoms with Crippen LogP contribution in [0.1, 0.15) is 36.8 Å². The van der Waals surface area contributed by atoms with Crippen LogP contribution in [0.15, 0.2) is 42.5 Å². The molecule has 1 N–H and O–H groups in total. The Labute approximate surface area is 223 Å². The van der Waals surface area contributed by atoms with Gasteiger partial charge in [-0.05, 0) is 37.8 Å². The van der Waals surface area contributed by atoms with Gasteiger partial charge in [0.15, 0.2) is 0 Å². The van der Waals surface area contributed by atoms with Crippen molar-refractivity contribution in [3.05, 3.63) is 53.6 Å². The van der Waals surface area contributed by atoms with E-state index in [1.54, 1.807) is 28.6 Å². The monoisotopic (exact) mass is 523 g/mol. The van der Waals surface area contributed by atoms with Crippen molar-refractivity contribution in [2.45, 2.75) is 55.6 Å². The zero-order chi connectivity index (χ0) is 26.3. The topological polar surface area (TPSA) is 81.2 Å². The zero-order valence-corrected chi connectivity index (χ0v) is 22.7. The molecule has 0 bridgehead atoms. The van der Waals surface area contributed by atoms with Crippen LogP contribution < -0.4 is 4.90 Å². The van der Waals surface area contributed by atoms with Crippen LogP contribution in [0.3, 0.4) is 0 Å². The highest BCUT2D eigenvalue weighted by Crippen LogP contribution is 2.61. The fraction of sp³-hybridized carbons (Fsp3) is 0.552. The minimum absolute atomic E-state index is 0.0158. The first-order valence-electron chi connectivity index (χ1n) is 13.4. The van der Waals surface area contributed by atoms with Crippen LogP contribution in [-0.4, -0.2) is 82.0 Å². The maximum atomic E-state index is 14.5. The molecule has 5 rings (SSSR count). The van der Waals surface area contributed by atoms with E-state index >= 15 is 0 Å². The van der Waals surface area contributed by atoms with Gasteiger partial charge in [0.2, 0.25) is 11.8 Å². The quantitative estimate of drug-likeness (QED) is 0.439. The van der Waals surface area contributed by atoms with E-state index < -0.39 is 22.6 Å². The number of benzene rings is 1. The number of carbonyl (C=O) groups is 3. The minimum Gasteiger partial charge on any atom is -0.396 e. The SMILES string of the molecule is Cc1cccc(C)c1N1CC=C[C@]23S[C@@H]4C=CCN(C)C(=O)[C@@H]4[C@H]2C(=O)N(CCCCCCO)C3C1=O. The molecule has 0 radical (unpaired) electrons. The Bertz CT molecular complexity index is 1130. The lowest BCUT2D eigenvalue weighted by molar-refractivity contribution is -0.142. The summed E-state index contributed by atoms with van der Waals surface area (Å²) < 4.78 is -0.780. The second-order valence-corrected chi connectivity index (χ2v) is 12.2. The molecule has 1 spiro atoms. The van der Waals surface area contributed by atoms with Gasteiger partial charge in [-0.25, -0.2) is 0 Å².